The van der Waals surface area contributed by atoms with Gasteiger partial charge in [-0.2, -0.15) is 0 Å². The number of rotatable bonds is 7. The number of hydrogen-bond acceptors (Lipinski definition) is 2. The number of hydrogen-bond donors (Lipinski definition) is 0. The Morgan fingerprint density at radius 2 is 1.15 bits per heavy atom. The molecule has 3 aromatic carbocycles. The SMILES string of the molecule is C=C(CC(C(=O)c1ccccc1)C(=O)c1ccccc1)c1ccc(C)cc1. The lowest BCUT2D eigenvalue weighted by Gasteiger charge is -2.17. The van der Waals surface area contributed by atoms with Gasteiger partial charge in [-0.1, -0.05) is 97.1 Å². The van der Waals surface area contributed by atoms with Gasteiger partial charge in [0, 0.05) is 11.1 Å². The first-order chi connectivity index (χ1) is 13.1. The molecule has 0 bridgehead atoms. The van der Waals surface area contributed by atoms with E-state index in [1.807, 2.05) is 67.6 Å². The summed E-state index contributed by atoms with van der Waals surface area (Å²) in [7, 11) is 0. The van der Waals surface area contributed by atoms with Crippen LogP contribution in [0.25, 0.3) is 5.57 Å². The van der Waals surface area contributed by atoms with Crippen LogP contribution < -0.4 is 0 Å². The third kappa shape index (κ3) is 4.48. The van der Waals surface area contributed by atoms with Gasteiger partial charge in [0.15, 0.2) is 11.6 Å². The minimum atomic E-state index is -0.788. The van der Waals surface area contributed by atoms with Gasteiger partial charge in [-0.15, -0.1) is 0 Å². The molecule has 0 aliphatic heterocycles. The van der Waals surface area contributed by atoms with Crippen molar-refractivity contribution in [1.82, 2.24) is 0 Å². The number of Topliss-reactive ketones (excluding diaryl/α,β-unsaturated/α-hetero) is 2. The standard InChI is InChI=1S/C25H22O2/c1-18-13-15-20(16-14-18)19(2)17-23(24(26)21-9-5-3-6-10-21)25(27)22-11-7-4-8-12-22/h3-16,23H,2,17H2,1H3. The van der Waals surface area contributed by atoms with Crippen molar-refractivity contribution in [2.75, 3.05) is 0 Å². The summed E-state index contributed by atoms with van der Waals surface area (Å²) >= 11 is 0. The van der Waals surface area contributed by atoms with Crippen molar-refractivity contribution in [3.8, 4) is 0 Å². The maximum Gasteiger partial charge on any atom is 0.174 e. The number of carbonyl (C=O) groups is 2. The van der Waals surface area contributed by atoms with Gasteiger partial charge >= 0.3 is 0 Å². The second-order valence-electron chi connectivity index (χ2n) is 6.69. The van der Waals surface area contributed by atoms with Crippen LogP contribution in [0.15, 0.2) is 91.5 Å². The predicted molar refractivity (Wildman–Crippen MR) is 110 cm³/mol. The quantitative estimate of drug-likeness (QED) is 0.398. The molecular formula is C25H22O2. The van der Waals surface area contributed by atoms with Gasteiger partial charge in [0.25, 0.3) is 0 Å². The monoisotopic (exact) mass is 354 g/mol. The molecule has 3 aromatic rings. The molecule has 134 valence electrons. The molecular weight excluding hydrogens is 332 g/mol. The molecule has 0 aromatic heterocycles. The summed E-state index contributed by atoms with van der Waals surface area (Å²) < 4.78 is 0. The molecule has 0 atom stereocenters. The molecule has 0 heterocycles. The van der Waals surface area contributed by atoms with E-state index in [2.05, 4.69) is 6.58 Å². The summed E-state index contributed by atoms with van der Waals surface area (Å²) in [4.78, 5) is 26.2. The molecule has 27 heavy (non-hydrogen) atoms. The Balaban J connectivity index is 1.92. The highest BCUT2D eigenvalue weighted by atomic mass is 16.2. The average Bonchev–Trinajstić information content (AvgIpc) is 2.72. The van der Waals surface area contributed by atoms with Gasteiger partial charge in [0.1, 0.15) is 0 Å². The molecule has 0 amide bonds. The zero-order chi connectivity index (χ0) is 19.2. The van der Waals surface area contributed by atoms with Gasteiger partial charge in [-0.25, -0.2) is 0 Å². The second-order valence-corrected chi connectivity index (χ2v) is 6.69. The Labute approximate surface area is 160 Å². The zero-order valence-electron chi connectivity index (χ0n) is 15.4. The lowest BCUT2D eigenvalue weighted by atomic mass is 9.84. The van der Waals surface area contributed by atoms with Gasteiger partial charge in [0.2, 0.25) is 0 Å². The highest BCUT2D eigenvalue weighted by molar-refractivity contribution is 6.16. The fraction of sp³-hybridized carbons (Fsp3) is 0.120. The van der Waals surface area contributed by atoms with E-state index in [1.54, 1.807) is 24.3 Å². The first-order valence-corrected chi connectivity index (χ1v) is 8.99. The maximum atomic E-state index is 13.1. The third-order valence-corrected chi connectivity index (χ3v) is 4.66. The summed E-state index contributed by atoms with van der Waals surface area (Å²) in [6, 6.07) is 25.9. The van der Waals surface area contributed by atoms with Gasteiger partial charge in [-0.3, -0.25) is 9.59 Å². The average molecular weight is 354 g/mol. The van der Waals surface area contributed by atoms with E-state index in [-0.39, 0.29) is 11.6 Å². The molecule has 0 saturated carbocycles. The Hall–Kier alpha value is -3.26. The summed E-state index contributed by atoms with van der Waals surface area (Å²) in [6.45, 7) is 6.16. The molecule has 0 aliphatic rings. The van der Waals surface area contributed by atoms with E-state index in [1.165, 1.54) is 0 Å². The highest BCUT2D eigenvalue weighted by Gasteiger charge is 2.29. The Morgan fingerprint density at radius 3 is 1.59 bits per heavy atom. The summed E-state index contributed by atoms with van der Waals surface area (Å²) in [6.07, 6.45) is 0.296. The molecule has 0 fully saturated rings. The predicted octanol–water partition coefficient (Wildman–Crippen LogP) is 5.78. The number of ketones is 2. The summed E-state index contributed by atoms with van der Waals surface area (Å²) in [5, 5.41) is 0. The normalized spacial score (nSPS) is 10.6. The number of aryl methyl sites for hydroxylation is 1. The van der Waals surface area contributed by atoms with Crippen LogP contribution in [0.4, 0.5) is 0 Å². The molecule has 0 radical (unpaired) electrons. The van der Waals surface area contributed by atoms with Crippen LogP contribution in [0, 0.1) is 12.8 Å². The van der Waals surface area contributed by atoms with Crippen molar-refractivity contribution in [2.24, 2.45) is 5.92 Å². The first kappa shape index (κ1) is 18.5. The fourth-order valence-electron chi connectivity index (χ4n) is 3.07. The molecule has 0 aliphatic carbocycles. The topological polar surface area (TPSA) is 34.1 Å². The molecule has 0 N–H and O–H groups in total. The summed E-state index contributed by atoms with van der Waals surface area (Å²) in [5.41, 5.74) is 3.98. The largest absolute Gasteiger partial charge is 0.293 e. The molecule has 3 rings (SSSR count). The van der Waals surface area contributed by atoms with Gasteiger partial charge in [-0.05, 0) is 24.5 Å². The first-order valence-electron chi connectivity index (χ1n) is 8.99. The minimum absolute atomic E-state index is 0.169. The number of benzene rings is 3. The van der Waals surface area contributed by atoms with Crippen LogP contribution in [-0.2, 0) is 0 Å². The van der Waals surface area contributed by atoms with Crippen LogP contribution in [-0.4, -0.2) is 11.6 Å². The maximum absolute atomic E-state index is 13.1. The zero-order valence-corrected chi connectivity index (χ0v) is 15.4. The highest BCUT2D eigenvalue weighted by Crippen LogP contribution is 2.27. The lowest BCUT2D eigenvalue weighted by molar-refractivity contribution is 0.0810. The minimum Gasteiger partial charge on any atom is -0.293 e. The van der Waals surface area contributed by atoms with Crippen molar-refractivity contribution in [2.45, 2.75) is 13.3 Å². The Bertz CT molecular complexity index is 887. The van der Waals surface area contributed by atoms with Crippen molar-refractivity contribution in [1.29, 1.82) is 0 Å². The van der Waals surface area contributed by atoms with Crippen LogP contribution in [0.5, 0.6) is 0 Å². The molecule has 0 spiro atoms. The lowest BCUT2D eigenvalue weighted by Crippen LogP contribution is -2.25. The Kier molecular flexibility index (Phi) is 5.77. The van der Waals surface area contributed by atoms with Crippen molar-refractivity contribution in [3.05, 3.63) is 114 Å². The van der Waals surface area contributed by atoms with Crippen LogP contribution in [0.3, 0.4) is 0 Å². The molecule has 2 nitrogen and oxygen atoms in total. The van der Waals surface area contributed by atoms with Crippen molar-refractivity contribution in [3.63, 3.8) is 0 Å². The van der Waals surface area contributed by atoms with E-state index in [0.717, 1.165) is 16.7 Å². The van der Waals surface area contributed by atoms with Crippen LogP contribution >= 0.6 is 0 Å². The van der Waals surface area contributed by atoms with E-state index < -0.39 is 5.92 Å². The van der Waals surface area contributed by atoms with Gasteiger partial charge in [0.05, 0.1) is 5.92 Å². The fourth-order valence-corrected chi connectivity index (χ4v) is 3.07. The van der Waals surface area contributed by atoms with E-state index in [0.29, 0.717) is 17.5 Å². The van der Waals surface area contributed by atoms with E-state index in [9.17, 15) is 9.59 Å². The van der Waals surface area contributed by atoms with Crippen LogP contribution in [0.1, 0.15) is 38.3 Å². The summed E-state index contributed by atoms with van der Waals surface area (Å²) in [5.74, 6) is -1.13. The van der Waals surface area contributed by atoms with Gasteiger partial charge < -0.3 is 0 Å². The van der Waals surface area contributed by atoms with E-state index in [4.69, 9.17) is 0 Å². The number of allylic oxidation sites excluding steroid dienone is 1. The second kappa shape index (κ2) is 8.41. The van der Waals surface area contributed by atoms with E-state index >= 15 is 0 Å². The molecule has 0 saturated heterocycles. The number of carbonyl (C=O) groups excluding carboxylic acids is 2. The smallest absolute Gasteiger partial charge is 0.174 e. The van der Waals surface area contributed by atoms with Crippen molar-refractivity contribution < 1.29 is 9.59 Å². The molecule has 0 unspecified atom stereocenters. The molecule has 2 heteroatoms. The third-order valence-electron chi connectivity index (χ3n) is 4.66. The Morgan fingerprint density at radius 1 is 0.704 bits per heavy atom. The van der Waals surface area contributed by atoms with Crippen LogP contribution in [0.2, 0.25) is 0 Å². The van der Waals surface area contributed by atoms with Crippen molar-refractivity contribution >= 4 is 17.1 Å².